The fourth-order valence-corrected chi connectivity index (χ4v) is 2.77. The number of amides is 1. The second kappa shape index (κ2) is 7.00. The van der Waals surface area contributed by atoms with E-state index in [2.05, 4.69) is 26.1 Å². The molecule has 1 rings (SSSR count). The molecule has 1 unspecified atom stereocenters. The van der Waals surface area contributed by atoms with Gasteiger partial charge in [-0.15, -0.1) is 0 Å². The summed E-state index contributed by atoms with van der Waals surface area (Å²) in [7, 11) is 0. The van der Waals surface area contributed by atoms with Gasteiger partial charge in [0.25, 0.3) is 0 Å². The average Bonchev–Trinajstić information content (AvgIpc) is 2.30. The van der Waals surface area contributed by atoms with E-state index in [1.807, 2.05) is 0 Å². The van der Waals surface area contributed by atoms with Gasteiger partial charge in [0.1, 0.15) is 0 Å². The maximum Gasteiger partial charge on any atom is 0.224 e. The van der Waals surface area contributed by atoms with Crippen molar-refractivity contribution in [2.75, 3.05) is 6.54 Å². The number of carbonyl (C=O) groups excluding carboxylic acids is 1. The lowest BCUT2D eigenvalue weighted by Crippen LogP contribution is -2.45. The van der Waals surface area contributed by atoms with E-state index in [1.54, 1.807) is 0 Å². The van der Waals surface area contributed by atoms with Gasteiger partial charge >= 0.3 is 0 Å². The first-order valence-electron chi connectivity index (χ1n) is 7.06. The van der Waals surface area contributed by atoms with Crippen LogP contribution in [0.25, 0.3) is 0 Å². The Balaban J connectivity index is 2.43. The van der Waals surface area contributed by atoms with E-state index in [0.29, 0.717) is 24.4 Å². The van der Waals surface area contributed by atoms with Gasteiger partial charge in [-0.3, -0.25) is 4.79 Å². The Kier molecular flexibility index (Phi) is 5.96. The topological polar surface area (TPSA) is 55.1 Å². The molecule has 0 aromatic carbocycles. The van der Waals surface area contributed by atoms with Crippen LogP contribution in [0, 0.1) is 17.8 Å². The normalized spacial score (nSPS) is 21.2. The molecular formula is C14H28N2O. The van der Waals surface area contributed by atoms with Crippen molar-refractivity contribution in [1.29, 1.82) is 0 Å². The van der Waals surface area contributed by atoms with Crippen LogP contribution in [-0.4, -0.2) is 18.5 Å². The van der Waals surface area contributed by atoms with Gasteiger partial charge in [-0.1, -0.05) is 33.1 Å². The van der Waals surface area contributed by atoms with Crippen LogP contribution in [0.3, 0.4) is 0 Å². The number of hydrogen-bond acceptors (Lipinski definition) is 2. The molecule has 3 N–H and O–H groups in total. The second-order valence-corrected chi connectivity index (χ2v) is 5.78. The highest BCUT2D eigenvalue weighted by atomic mass is 16.2. The molecule has 0 radical (unpaired) electrons. The number of nitrogens with one attached hydrogen (secondary N) is 1. The van der Waals surface area contributed by atoms with Crippen molar-refractivity contribution in [3.8, 4) is 0 Å². The maximum atomic E-state index is 12.1. The first-order valence-corrected chi connectivity index (χ1v) is 7.06. The van der Waals surface area contributed by atoms with Gasteiger partial charge in [-0.05, 0) is 31.6 Å². The Bertz CT molecular complexity index is 234. The third-order valence-corrected chi connectivity index (χ3v) is 4.12. The number of carbonyl (C=O) groups is 1. The molecule has 0 aromatic rings. The fourth-order valence-electron chi connectivity index (χ4n) is 2.77. The Morgan fingerprint density at radius 1 is 1.24 bits per heavy atom. The molecule has 0 aromatic heterocycles. The Morgan fingerprint density at radius 3 is 2.29 bits per heavy atom. The second-order valence-electron chi connectivity index (χ2n) is 5.78. The minimum absolute atomic E-state index is 0.0407. The Hall–Kier alpha value is -0.570. The number of hydrogen-bond donors (Lipinski definition) is 2. The largest absolute Gasteiger partial charge is 0.353 e. The third-order valence-electron chi connectivity index (χ3n) is 4.12. The van der Waals surface area contributed by atoms with Gasteiger partial charge in [-0.25, -0.2) is 0 Å². The van der Waals surface area contributed by atoms with Gasteiger partial charge in [0.15, 0.2) is 0 Å². The van der Waals surface area contributed by atoms with Crippen molar-refractivity contribution in [3.63, 3.8) is 0 Å². The van der Waals surface area contributed by atoms with Crippen LogP contribution in [0.2, 0.25) is 0 Å². The van der Waals surface area contributed by atoms with Crippen molar-refractivity contribution >= 4 is 5.91 Å². The van der Waals surface area contributed by atoms with Crippen LogP contribution in [0.1, 0.15) is 52.9 Å². The molecule has 3 heteroatoms. The molecule has 2 atom stereocenters. The summed E-state index contributed by atoms with van der Waals surface area (Å²) in [6, 6.07) is 0.301. The summed E-state index contributed by atoms with van der Waals surface area (Å²) in [4.78, 5) is 12.1. The van der Waals surface area contributed by atoms with E-state index >= 15 is 0 Å². The first kappa shape index (κ1) is 14.5. The van der Waals surface area contributed by atoms with Crippen LogP contribution in [0.15, 0.2) is 0 Å². The monoisotopic (exact) mass is 240 g/mol. The van der Waals surface area contributed by atoms with E-state index in [-0.39, 0.29) is 11.8 Å². The minimum atomic E-state index is -0.0407. The molecule has 0 heterocycles. The summed E-state index contributed by atoms with van der Waals surface area (Å²) < 4.78 is 0. The number of nitrogens with two attached hydrogens (primary N) is 1. The molecule has 0 bridgehead atoms. The highest BCUT2D eigenvalue weighted by molar-refractivity contribution is 5.79. The van der Waals surface area contributed by atoms with Gasteiger partial charge in [0, 0.05) is 12.6 Å². The quantitative estimate of drug-likeness (QED) is 0.774. The summed E-state index contributed by atoms with van der Waals surface area (Å²) >= 11 is 0. The van der Waals surface area contributed by atoms with Gasteiger partial charge < -0.3 is 11.1 Å². The zero-order valence-corrected chi connectivity index (χ0v) is 11.5. The SMILES string of the molecule is CC(C)C(CN)C(=O)N[C@@H](C)C1CCCCC1. The smallest absolute Gasteiger partial charge is 0.224 e. The van der Waals surface area contributed by atoms with Crippen LogP contribution in [-0.2, 0) is 4.79 Å². The lowest BCUT2D eigenvalue weighted by Gasteiger charge is -2.30. The summed E-state index contributed by atoms with van der Waals surface area (Å²) in [6.07, 6.45) is 6.51. The van der Waals surface area contributed by atoms with Crippen molar-refractivity contribution in [3.05, 3.63) is 0 Å². The van der Waals surface area contributed by atoms with E-state index in [0.717, 1.165) is 0 Å². The third kappa shape index (κ3) is 4.30. The van der Waals surface area contributed by atoms with Crippen molar-refractivity contribution in [2.45, 2.75) is 58.9 Å². The average molecular weight is 240 g/mol. The molecule has 100 valence electrons. The van der Waals surface area contributed by atoms with Crippen LogP contribution < -0.4 is 11.1 Å². The predicted octanol–water partition coefficient (Wildman–Crippen LogP) is 2.30. The predicted molar refractivity (Wildman–Crippen MR) is 71.6 cm³/mol. The molecule has 1 aliphatic rings. The van der Waals surface area contributed by atoms with E-state index in [4.69, 9.17) is 5.73 Å². The van der Waals surface area contributed by atoms with Crippen molar-refractivity contribution in [1.82, 2.24) is 5.32 Å². The summed E-state index contributed by atoms with van der Waals surface area (Å²) in [6.45, 7) is 6.70. The lowest BCUT2D eigenvalue weighted by atomic mass is 9.84. The van der Waals surface area contributed by atoms with Gasteiger partial charge in [0.05, 0.1) is 5.92 Å². The van der Waals surface area contributed by atoms with Crippen molar-refractivity contribution in [2.24, 2.45) is 23.5 Å². The molecule has 3 nitrogen and oxygen atoms in total. The first-order chi connectivity index (χ1) is 8.06. The highest BCUT2D eigenvalue weighted by Crippen LogP contribution is 2.26. The maximum absolute atomic E-state index is 12.1. The lowest BCUT2D eigenvalue weighted by molar-refractivity contribution is -0.127. The molecule has 1 fully saturated rings. The molecule has 0 spiro atoms. The molecular weight excluding hydrogens is 212 g/mol. The standard InChI is InChI=1S/C14H28N2O/c1-10(2)13(9-15)14(17)16-11(3)12-7-5-4-6-8-12/h10-13H,4-9,15H2,1-3H3,(H,16,17)/t11-,13?/m0/s1. The molecule has 1 aliphatic carbocycles. The molecule has 0 saturated heterocycles. The zero-order chi connectivity index (χ0) is 12.8. The molecule has 0 aliphatic heterocycles. The van der Waals surface area contributed by atoms with Gasteiger partial charge in [-0.2, -0.15) is 0 Å². The molecule has 1 amide bonds. The van der Waals surface area contributed by atoms with Crippen LogP contribution >= 0.6 is 0 Å². The fraction of sp³-hybridized carbons (Fsp3) is 0.929. The Labute approximate surface area is 106 Å². The Morgan fingerprint density at radius 2 is 1.82 bits per heavy atom. The highest BCUT2D eigenvalue weighted by Gasteiger charge is 2.25. The summed E-state index contributed by atoms with van der Waals surface area (Å²) in [5.74, 6) is 1.08. The van der Waals surface area contributed by atoms with Crippen LogP contribution in [0.4, 0.5) is 0 Å². The van der Waals surface area contributed by atoms with Crippen molar-refractivity contribution < 1.29 is 4.79 Å². The minimum Gasteiger partial charge on any atom is -0.353 e. The van der Waals surface area contributed by atoms with E-state index < -0.39 is 0 Å². The van der Waals surface area contributed by atoms with Crippen LogP contribution in [0.5, 0.6) is 0 Å². The summed E-state index contributed by atoms with van der Waals surface area (Å²) in [5, 5.41) is 3.16. The molecule has 1 saturated carbocycles. The molecule has 17 heavy (non-hydrogen) atoms. The zero-order valence-electron chi connectivity index (χ0n) is 11.5. The van der Waals surface area contributed by atoms with E-state index in [1.165, 1.54) is 32.1 Å². The summed E-state index contributed by atoms with van der Waals surface area (Å²) in [5.41, 5.74) is 5.67. The van der Waals surface area contributed by atoms with E-state index in [9.17, 15) is 4.79 Å². The number of rotatable bonds is 5. The van der Waals surface area contributed by atoms with Gasteiger partial charge in [0.2, 0.25) is 5.91 Å².